The molecule has 1 heterocycles. The standard InChI is InChI=1S/C12H10Cl2N4O3S/c1-6-4-7(2-3-9(6)22(19,20)21)16-11-8(5-15)10(13)17-12(14)18-11/h2-4,19-21H,1H3,(H,16,17,18). The molecule has 2 rings (SSSR count). The Balaban J connectivity index is 2.41. The summed E-state index contributed by atoms with van der Waals surface area (Å²) in [6, 6.07) is 6.25. The van der Waals surface area contributed by atoms with Crippen LogP contribution in [-0.4, -0.2) is 23.6 Å². The van der Waals surface area contributed by atoms with Crippen molar-refractivity contribution in [3.8, 4) is 6.07 Å². The topological polar surface area (TPSA) is 122 Å². The minimum Gasteiger partial charge on any atom is -0.339 e. The van der Waals surface area contributed by atoms with E-state index in [-0.39, 0.29) is 26.7 Å². The molecule has 1 aromatic carbocycles. The van der Waals surface area contributed by atoms with Gasteiger partial charge in [-0.1, -0.05) is 11.6 Å². The Bertz CT molecular complexity index is 774. The normalized spacial score (nSPS) is 11.9. The minimum absolute atomic E-state index is 0.0114. The second kappa shape index (κ2) is 6.26. The van der Waals surface area contributed by atoms with Gasteiger partial charge < -0.3 is 19.0 Å². The van der Waals surface area contributed by atoms with E-state index in [2.05, 4.69) is 15.3 Å². The van der Waals surface area contributed by atoms with Gasteiger partial charge in [0.1, 0.15) is 22.5 Å². The first-order valence-electron chi connectivity index (χ1n) is 5.74. The van der Waals surface area contributed by atoms with Gasteiger partial charge in [-0.05, 0) is 42.3 Å². The van der Waals surface area contributed by atoms with Crippen LogP contribution in [0.2, 0.25) is 10.4 Å². The molecule has 0 aliphatic rings. The lowest BCUT2D eigenvalue weighted by Gasteiger charge is -2.21. The van der Waals surface area contributed by atoms with Crippen LogP contribution in [0.5, 0.6) is 0 Å². The SMILES string of the molecule is Cc1cc(Nc2nc(Cl)nc(Cl)c2C#N)ccc1S(O)(O)O. The van der Waals surface area contributed by atoms with Crippen molar-refractivity contribution in [2.75, 3.05) is 5.32 Å². The molecule has 0 aliphatic carbocycles. The van der Waals surface area contributed by atoms with Crippen molar-refractivity contribution < 1.29 is 13.7 Å². The summed E-state index contributed by atoms with van der Waals surface area (Å²) >= 11 is 11.5. The van der Waals surface area contributed by atoms with Crippen LogP contribution in [0, 0.1) is 18.3 Å². The molecule has 4 N–H and O–H groups in total. The second-order valence-corrected chi connectivity index (χ2v) is 6.42. The number of nitrogens with zero attached hydrogens (tertiary/aromatic N) is 3. The summed E-state index contributed by atoms with van der Waals surface area (Å²) in [6.45, 7) is 1.59. The van der Waals surface area contributed by atoms with Crippen molar-refractivity contribution in [3.05, 3.63) is 39.8 Å². The zero-order valence-electron chi connectivity index (χ0n) is 11.1. The number of anilines is 2. The van der Waals surface area contributed by atoms with Gasteiger partial charge in [-0.25, -0.2) is 4.98 Å². The van der Waals surface area contributed by atoms with Gasteiger partial charge >= 0.3 is 0 Å². The largest absolute Gasteiger partial charge is 0.339 e. The molecule has 116 valence electrons. The Kier molecular flexibility index (Phi) is 4.77. The third kappa shape index (κ3) is 3.59. The molecule has 7 nitrogen and oxygen atoms in total. The molecule has 2 aromatic rings. The van der Waals surface area contributed by atoms with E-state index in [9.17, 15) is 13.7 Å². The van der Waals surface area contributed by atoms with Crippen LogP contribution in [0.1, 0.15) is 11.1 Å². The molecule has 0 saturated carbocycles. The number of rotatable bonds is 3. The average Bonchev–Trinajstić information content (AvgIpc) is 2.36. The third-order valence-corrected chi connectivity index (χ3v) is 4.17. The Morgan fingerprint density at radius 1 is 1.23 bits per heavy atom. The summed E-state index contributed by atoms with van der Waals surface area (Å²) in [5.41, 5.74) is 0.962. The first-order valence-corrected chi connectivity index (χ1v) is 8.00. The number of nitriles is 1. The van der Waals surface area contributed by atoms with Gasteiger partial charge in [-0.2, -0.15) is 10.2 Å². The number of hydrogen-bond acceptors (Lipinski definition) is 7. The van der Waals surface area contributed by atoms with Crippen molar-refractivity contribution in [3.63, 3.8) is 0 Å². The van der Waals surface area contributed by atoms with Crippen LogP contribution < -0.4 is 5.32 Å². The van der Waals surface area contributed by atoms with Crippen LogP contribution in [0.3, 0.4) is 0 Å². The maximum Gasteiger partial charge on any atom is 0.225 e. The van der Waals surface area contributed by atoms with E-state index < -0.39 is 10.9 Å². The molecule has 0 unspecified atom stereocenters. The summed E-state index contributed by atoms with van der Waals surface area (Å²) in [5, 5.41) is 11.7. The van der Waals surface area contributed by atoms with Crippen molar-refractivity contribution in [2.24, 2.45) is 0 Å². The predicted octanol–water partition coefficient (Wildman–Crippen LogP) is 4.29. The number of nitrogens with one attached hydrogen (secondary N) is 1. The van der Waals surface area contributed by atoms with Crippen LogP contribution in [-0.2, 0) is 0 Å². The van der Waals surface area contributed by atoms with Crippen molar-refractivity contribution in [1.82, 2.24) is 9.97 Å². The first kappa shape index (κ1) is 16.8. The molecule has 0 saturated heterocycles. The Morgan fingerprint density at radius 3 is 2.45 bits per heavy atom. The van der Waals surface area contributed by atoms with E-state index in [1.54, 1.807) is 13.0 Å². The number of halogens is 2. The van der Waals surface area contributed by atoms with Crippen LogP contribution >= 0.6 is 34.1 Å². The summed E-state index contributed by atoms with van der Waals surface area (Å²) < 4.78 is 27.8. The van der Waals surface area contributed by atoms with Crippen molar-refractivity contribution >= 4 is 45.6 Å². The van der Waals surface area contributed by atoms with Gasteiger partial charge in [0.2, 0.25) is 5.28 Å². The smallest absolute Gasteiger partial charge is 0.225 e. The summed E-state index contributed by atoms with van der Waals surface area (Å²) in [4.78, 5) is 7.58. The molecule has 0 amide bonds. The van der Waals surface area contributed by atoms with Crippen molar-refractivity contribution in [1.29, 1.82) is 5.26 Å². The van der Waals surface area contributed by atoms with E-state index in [0.29, 0.717) is 11.3 Å². The molecule has 10 heteroatoms. The quantitative estimate of drug-likeness (QED) is 0.475. The molecule has 0 atom stereocenters. The predicted molar refractivity (Wildman–Crippen MR) is 85.0 cm³/mol. The van der Waals surface area contributed by atoms with Crippen LogP contribution in [0.4, 0.5) is 11.5 Å². The zero-order chi connectivity index (χ0) is 16.5. The zero-order valence-corrected chi connectivity index (χ0v) is 13.4. The fraction of sp³-hybridized carbons (Fsp3) is 0.0833. The average molecular weight is 361 g/mol. The maximum atomic E-state index is 9.28. The molecule has 1 aromatic heterocycles. The summed E-state index contributed by atoms with van der Waals surface area (Å²) in [6.07, 6.45) is 0. The highest BCUT2D eigenvalue weighted by molar-refractivity contribution is 8.19. The van der Waals surface area contributed by atoms with E-state index in [0.717, 1.165) is 0 Å². The summed E-state index contributed by atoms with van der Waals surface area (Å²) in [7, 11) is -3.80. The van der Waals surface area contributed by atoms with E-state index in [1.807, 2.05) is 6.07 Å². The van der Waals surface area contributed by atoms with Gasteiger partial charge in [0.25, 0.3) is 0 Å². The Morgan fingerprint density at radius 2 is 1.91 bits per heavy atom. The minimum atomic E-state index is -3.80. The number of benzene rings is 1. The lowest BCUT2D eigenvalue weighted by atomic mass is 10.2. The lowest BCUT2D eigenvalue weighted by Crippen LogP contribution is -2.02. The fourth-order valence-electron chi connectivity index (χ4n) is 1.77. The molecular formula is C12H10Cl2N4O3S. The summed E-state index contributed by atoms with van der Waals surface area (Å²) in [5.74, 6) is 0.121. The van der Waals surface area contributed by atoms with Gasteiger partial charge in [0, 0.05) is 5.69 Å². The number of aryl methyl sites for hydroxylation is 1. The molecule has 0 radical (unpaired) electrons. The first-order chi connectivity index (χ1) is 10.2. The Labute approximate surface area is 137 Å². The fourth-order valence-corrected chi connectivity index (χ4v) is 2.93. The van der Waals surface area contributed by atoms with Crippen LogP contribution in [0.25, 0.3) is 0 Å². The maximum absolute atomic E-state index is 9.28. The van der Waals surface area contributed by atoms with E-state index >= 15 is 0 Å². The van der Waals surface area contributed by atoms with Gasteiger partial charge in [-0.15, -0.1) is 0 Å². The molecule has 22 heavy (non-hydrogen) atoms. The molecule has 0 aliphatic heterocycles. The molecule has 0 spiro atoms. The molecule has 0 fully saturated rings. The number of aromatic nitrogens is 2. The van der Waals surface area contributed by atoms with E-state index in [1.165, 1.54) is 12.1 Å². The third-order valence-electron chi connectivity index (χ3n) is 2.68. The highest BCUT2D eigenvalue weighted by Crippen LogP contribution is 2.45. The van der Waals surface area contributed by atoms with Gasteiger partial charge in [0.05, 0.1) is 4.90 Å². The van der Waals surface area contributed by atoms with Gasteiger partial charge in [-0.3, -0.25) is 0 Å². The lowest BCUT2D eigenvalue weighted by molar-refractivity contribution is 0.375. The number of hydrogen-bond donors (Lipinski definition) is 4. The molecule has 0 bridgehead atoms. The monoisotopic (exact) mass is 360 g/mol. The highest BCUT2D eigenvalue weighted by Gasteiger charge is 2.19. The van der Waals surface area contributed by atoms with Crippen LogP contribution in [0.15, 0.2) is 23.1 Å². The highest BCUT2D eigenvalue weighted by atomic mass is 35.5. The van der Waals surface area contributed by atoms with Gasteiger partial charge in [0.15, 0.2) is 11.0 Å². The Hall–Kier alpha value is -1.60. The molecular weight excluding hydrogens is 351 g/mol. The van der Waals surface area contributed by atoms with Crippen molar-refractivity contribution in [2.45, 2.75) is 11.8 Å². The second-order valence-electron chi connectivity index (χ2n) is 4.24. The van der Waals surface area contributed by atoms with E-state index in [4.69, 9.17) is 28.5 Å².